The van der Waals surface area contributed by atoms with Crippen molar-refractivity contribution in [2.75, 3.05) is 38.4 Å². The van der Waals surface area contributed by atoms with Crippen LogP contribution >= 0.6 is 0 Å². The van der Waals surface area contributed by atoms with E-state index >= 15 is 0 Å². The number of alkyl halides is 3. The smallest absolute Gasteiger partial charge is 0.416 e. The molecule has 0 aliphatic heterocycles. The zero-order valence-electron chi connectivity index (χ0n) is 15.9. The number of nitrogens with zero attached hydrogens (tertiary/aromatic N) is 1. The van der Waals surface area contributed by atoms with Gasteiger partial charge < -0.3 is 15.4 Å². The second kappa shape index (κ2) is 8.70. The molecule has 2 rings (SSSR count). The van der Waals surface area contributed by atoms with Crippen LogP contribution in [0.15, 0.2) is 47.4 Å². The van der Waals surface area contributed by atoms with Gasteiger partial charge in [-0.2, -0.15) is 13.2 Å². The first-order valence-electron chi connectivity index (χ1n) is 8.26. The molecule has 0 aliphatic rings. The summed E-state index contributed by atoms with van der Waals surface area (Å²) in [5, 5.41) is 5.10. The van der Waals surface area contributed by atoms with Crippen LogP contribution in [0.3, 0.4) is 0 Å². The summed E-state index contributed by atoms with van der Waals surface area (Å²) in [6.45, 7) is -0.316. The predicted octanol–water partition coefficient (Wildman–Crippen LogP) is 3.01. The molecule has 158 valence electrons. The van der Waals surface area contributed by atoms with Crippen LogP contribution in [-0.4, -0.2) is 46.4 Å². The molecule has 11 heteroatoms. The molecule has 0 saturated heterocycles. The van der Waals surface area contributed by atoms with Crippen LogP contribution in [0.1, 0.15) is 5.56 Å². The molecule has 0 saturated carbocycles. The number of rotatable bonds is 7. The van der Waals surface area contributed by atoms with Gasteiger partial charge in [0.25, 0.3) is 0 Å². The Morgan fingerprint density at radius 2 is 1.79 bits per heavy atom. The maximum absolute atomic E-state index is 12.7. The lowest BCUT2D eigenvalue weighted by Gasteiger charge is -2.16. The highest BCUT2D eigenvalue weighted by atomic mass is 32.2. The normalized spacial score (nSPS) is 12.0. The number of hydrogen-bond donors (Lipinski definition) is 2. The number of carbonyl (C=O) groups is 1. The monoisotopic (exact) mass is 431 g/mol. The Labute approximate surface area is 166 Å². The molecule has 0 bridgehead atoms. The van der Waals surface area contributed by atoms with Gasteiger partial charge in [-0.25, -0.2) is 12.7 Å². The van der Waals surface area contributed by atoms with Crippen molar-refractivity contribution in [2.45, 2.75) is 11.1 Å². The average molecular weight is 431 g/mol. The summed E-state index contributed by atoms with van der Waals surface area (Å²) in [6.07, 6.45) is -4.49. The van der Waals surface area contributed by atoms with Crippen molar-refractivity contribution in [1.29, 1.82) is 0 Å². The Bertz CT molecular complexity index is 992. The van der Waals surface area contributed by atoms with Gasteiger partial charge in [-0.3, -0.25) is 4.79 Å². The highest BCUT2D eigenvalue weighted by molar-refractivity contribution is 7.89. The Morgan fingerprint density at radius 1 is 1.10 bits per heavy atom. The van der Waals surface area contributed by atoms with Crippen LogP contribution in [0.5, 0.6) is 5.75 Å². The fourth-order valence-electron chi connectivity index (χ4n) is 2.35. The molecule has 0 fully saturated rings. The van der Waals surface area contributed by atoms with Crippen LogP contribution in [0, 0.1) is 0 Å². The number of hydrogen-bond acceptors (Lipinski definition) is 5. The standard InChI is InChI=1S/C18H20F3N3O4S/c1-24(2)29(26,27)16-10-14(7-8-15(16)28-3)23-17(25)11-22-13-6-4-5-12(9-13)18(19,20)21/h4-10,22H,11H2,1-3H3,(H,23,25). The molecule has 0 aromatic heterocycles. The van der Waals surface area contributed by atoms with E-state index in [0.717, 1.165) is 16.4 Å². The third kappa shape index (κ3) is 5.61. The van der Waals surface area contributed by atoms with E-state index in [9.17, 15) is 26.4 Å². The number of carbonyl (C=O) groups excluding carboxylic acids is 1. The molecule has 0 spiro atoms. The van der Waals surface area contributed by atoms with E-state index in [-0.39, 0.29) is 28.6 Å². The highest BCUT2D eigenvalue weighted by Gasteiger charge is 2.30. The quantitative estimate of drug-likeness (QED) is 0.704. The minimum atomic E-state index is -4.49. The largest absolute Gasteiger partial charge is 0.495 e. The lowest BCUT2D eigenvalue weighted by molar-refractivity contribution is -0.137. The molecular weight excluding hydrogens is 411 g/mol. The number of amides is 1. The third-order valence-electron chi connectivity index (χ3n) is 3.85. The molecule has 7 nitrogen and oxygen atoms in total. The number of nitrogens with one attached hydrogen (secondary N) is 2. The van der Waals surface area contributed by atoms with Crippen molar-refractivity contribution in [3.63, 3.8) is 0 Å². The van der Waals surface area contributed by atoms with E-state index in [1.807, 2.05) is 0 Å². The number of methoxy groups -OCH3 is 1. The van der Waals surface area contributed by atoms with Crippen molar-refractivity contribution >= 4 is 27.3 Å². The molecular formula is C18H20F3N3O4S. The first-order chi connectivity index (χ1) is 13.4. The van der Waals surface area contributed by atoms with Gasteiger partial charge in [-0.15, -0.1) is 0 Å². The van der Waals surface area contributed by atoms with E-state index in [0.29, 0.717) is 0 Å². The molecule has 0 radical (unpaired) electrons. The fraction of sp³-hybridized carbons (Fsp3) is 0.278. The Kier molecular flexibility index (Phi) is 6.75. The highest BCUT2D eigenvalue weighted by Crippen LogP contribution is 2.31. The number of sulfonamides is 1. The van der Waals surface area contributed by atoms with Crippen LogP contribution in [0.2, 0.25) is 0 Å². The van der Waals surface area contributed by atoms with Gasteiger partial charge in [0.2, 0.25) is 15.9 Å². The average Bonchev–Trinajstić information content (AvgIpc) is 2.65. The summed E-state index contributed by atoms with van der Waals surface area (Å²) >= 11 is 0. The minimum Gasteiger partial charge on any atom is -0.495 e. The van der Waals surface area contributed by atoms with Crippen molar-refractivity contribution in [3.8, 4) is 5.75 Å². The molecule has 2 N–H and O–H groups in total. The van der Waals surface area contributed by atoms with Crippen LogP contribution < -0.4 is 15.4 Å². The molecule has 29 heavy (non-hydrogen) atoms. The van der Waals surface area contributed by atoms with Gasteiger partial charge in [0.05, 0.1) is 19.2 Å². The van der Waals surface area contributed by atoms with Crippen molar-refractivity contribution in [3.05, 3.63) is 48.0 Å². The predicted molar refractivity (Wildman–Crippen MR) is 102 cm³/mol. The fourth-order valence-corrected chi connectivity index (χ4v) is 3.42. The summed E-state index contributed by atoms with van der Waals surface area (Å²) in [7, 11) is 0.224. The van der Waals surface area contributed by atoms with E-state index in [2.05, 4.69) is 10.6 Å². The minimum absolute atomic E-state index is 0.110. The van der Waals surface area contributed by atoms with Gasteiger partial charge in [-0.05, 0) is 36.4 Å². The molecule has 0 unspecified atom stereocenters. The summed E-state index contributed by atoms with van der Waals surface area (Å²) in [6, 6.07) is 8.54. The van der Waals surface area contributed by atoms with Gasteiger partial charge in [-0.1, -0.05) is 6.07 Å². The zero-order valence-corrected chi connectivity index (χ0v) is 16.7. The first-order valence-corrected chi connectivity index (χ1v) is 9.70. The van der Waals surface area contributed by atoms with Crippen molar-refractivity contribution in [2.24, 2.45) is 0 Å². The summed E-state index contributed by atoms with van der Waals surface area (Å²) in [5.74, 6) is -0.459. The molecule has 1 amide bonds. The molecule has 0 heterocycles. The van der Waals surface area contributed by atoms with Gasteiger partial charge in [0, 0.05) is 25.5 Å². The first kappa shape index (κ1) is 22.5. The molecule has 0 atom stereocenters. The maximum atomic E-state index is 12.7. The Hall–Kier alpha value is -2.79. The van der Waals surface area contributed by atoms with E-state index in [1.54, 1.807) is 0 Å². The number of halogens is 3. The molecule has 0 aliphatic carbocycles. The van der Waals surface area contributed by atoms with E-state index in [4.69, 9.17) is 4.74 Å². The third-order valence-corrected chi connectivity index (χ3v) is 5.69. The SMILES string of the molecule is COc1ccc(NC(=O)CNc2cccc(C(F)(F)F)c2)cc1S(=O)(=O)N(C)C. The Morgan fingerprint density at radius 3 is 2.38 bits per heavy atom. The number of anilines is 2. The van der Waals surface area contributed by atoms with Crippen LogP contribution in [0.25, 0.3) is 0 Å². The van der Waals surface area contributed by atoms with Crippen LogP contribution in [0.4, 0.5) is 24.5 Å². The lowest BCUT2D eigenvalue weighted by atomic mass is 10.2. The Balaban J connectivity index is 2.12. The summed E-state index contributed by atoms with van der Waals surface area (Å²) < 4.78 is 69.1. The summed E-state index contributed by atoms with van der Waals surface area (Å²) in [5.41, 5.74) is -0.515. The topological polar surface area (TPSA) is 87.7 Å². The van der Waals surface area contributed by atoms with Gasteiger partial charge in [0.15, 0.2) is 0 Å². The zero-order chi connectivity index (χ0) is 21.8. The van der Waals surface area contributed by atoms with Gasteiger partial charge in [0.1, 0.15) is 10.6 Å². The lowest BCUT2D eigenvalue weighted by Crippen LogP contribution is -2.24. The molecule has 2 aromatic rings. The van der Waals surface area contributed by atoms with Crippen molar-refractivity contribution < 1.29 is 31.1 Å². The van der Waals surface area contributed by atoms with Gasteiger partial charge >= 0.3 is 6.18 Å². The molecule has 2 aromatic carbocycles. The van der Waals surface area contributed by atoms with Crippen molar-refractivity contribution in [1.82, 2.24) is 4.31 Å². The maximum Gasteiger partial charge on any atom is 0.416 e. The van der Waals surface area contributed by atoms with E-state index in [1.165, 1.54) is 51.5 Å². The number of benzene rings is 2. The van der Waals surface area contributed by atoms with Crippen LogP contribution in [-0.2, 0) is 21.0 Å². The summed E-state index contributed by atoms with van der Waals surface area (Å²) in [4.78, 5) is 12.0. The second-order valence-electron chi connectivity index (χ2n) is 6.13. The van der Waals surface area contributed by atoms with E-state index < -0.39 is 27.7 Å². The number of ether oxygens (including phenoxy) is 1. The second-order valence-corrected chi connectivity index (χ2v) is 8.25.